The normalized spacial score (nSPS) is 21.7. The number of unbranched alkanes of at least 4 members (excludes halogenated alkanes) is 1. The maximum atomic E-state index is 10.9. The quantitative estimate of drug-likeness (QED) is 0.325. The van der Waals surface area contributed by atoms with Crippen LogP contribution >= 0.6 is 11.8 Å². The molecule has 182 valence electrons. The molecule has 4 nitrogen and oxygen atoms in total. The van der Waals surface area contributed by atoms with Gasteiger partial charge in [0.1, 0.15) is 0 Å². The fourth-order valence-electron chi connectivity index (χ4n) is 5.10. The zero-order valence-electron chi connectivity index (χ0n) is 21.2. The third kappa shape index (κ3) is 9.13. The van der Waals surface area contributed by atoms with Crippen LogP contribution in [0.4, 0.5) is 0 Å². The van der Waals surface area contributed by atoms with E-state index in [4.69, 9.17) is 5.73 Å². The molecule has 0 saturated heterocycles. The minimum absolute atomic E-state index is 0. The Morgan fingerprint density at radius 1 is 0.971 bits per heavy atom. The Morgan fingerprint density at radius 3 is 2.11 bits per heavy atom. The van der Waals surface area contributed by atoms with Crippen LogP contribution < -0.4 is 40.4 Å². The van der Waals surface area contributed by atoms with Crippen LogP contribution in [0.1, 0.15) is 69.2 Å². The Labute approximate surface area is 236 Å². The van der Waals surface area contributed by atoms with Crippen LogP contribution in [0, 0.1) is 23.2 Å². The number of hydrogen-bond donors (Lipinski definition) is 1. The van der Waals surface area contributed by atoms with Crippen molar-refractivity contribution >= 4 is 23.6 Å². The van der Waals surface area contributed by atoms with Gasteiger partial charge in [-0.2, -0.15) is 0 Å². The standard InChI is InChI=1S/C16H26O2.C13H11NOS.Na/c1-16(2)13-9-12(10-14(16)11-13)7-5-3-4-6-8-15(17)18;14-13(15)10-6-8-12(9-7-10)16-11-4-2-1-3-5-11;/h3,5,12-14H,4,6-11H2,1-2H3,(H,17,18);1-9H,(H2,14,15);/q;;+1/p-1/b5-3-;;. The third-order valence-electron chi connectivity index (χ3n) is 7.41. The van der Waals surface area contributed by atoms with Gasteiger partial charge in [-0.1, -0.05) is 56.0 Å². The van der Waals surface area contributed by atoms with Gasteiger partial charge in [-0.15, -0.1) is 0 Å². The van der Waals surface area contributed by atoms with Gasteiger partial charge < -0.3 is 15.6 Å². The number of rotatable bonds is 9. The van der Waals surface area contributed by atoms with Crippen LogP contribution in [0.3, 0.4) is 0 Å². The van der Waals surface area contributed by atoms with E-state index in [1.807, 2.05) is 42.5 Å². The second-order valence-electron chi connectivity index (χ2n) is 10.1. The molecule has 3 saturated carbocycles. The molecule has 0 aliphatic heterocycles. The van der Waals surface area contributed by atoms with E-state index < -0.39 is 11.9 Å². The van der Waals surface area contributed by atoms with E-state index >= 15 is 0 Å². The van der Waals surface area contributed by atoms with Crippen LogP contribution in [0.25, 0.3) is 0 Å². The predicted molar refractivity (Wildman–Crippen MR) is 136 cm³/mol. The molecule has 0 spiro atoms. The molecule has 1 amide bonds. The Hall–Kier alpha value is -1.53. The summed E-state index contributed by atoms with van der Waals surface area (Å²) in [5.41, 5.74) is 6.32. The van der Waals surface area contributed by atoms with Crippen molar-refractivity contribution in [2.45, 2.75) is 68.6 Å². The number of carbonyl (C=O) groups excluding carboxylic acids is 2. The number of aliphatic carboxylic acids is 1. The molecular weight excluding hydrogens is 465 g/mol. The van der Waals surface area contributed by atoms with Gasteiger partial charge in [0.05, 0.1) is 0 Å². The van der Waals surface area contributed by atoms with E-state index in [0.717, 1.165) is 29.1 Å². The minimum atomic E-state index is -0.932. The molecule has 2 aromatic rings. The molecule has 3 aliphatic carbocycles. The molecule has 35 heavy (non-hydrogen) atoms. The molecule has 2 bridgehead atoms. The Balaban J connectivity index is 0.000000241. The minimum Gasteiger partial charge on any atom is -0.550 e. The molecule has 2 unspecified atom stereocenters. The van der Waals surface area contributed by atoms with Gasteiger partial charge in [-0.3, -0.25) is 4.79 Å². The molecule has 2 atom stereocenters. The first-order valence-corrected chi connectivity index (χ1v) is 13.0. The summed E-state index contributed by atoms with van der Waals surface area (Å²) < 4.78 is 0. The van der Waals surface area contributed by atoms with Crippen LogP contribution in [0.2, 0.25) is 0 Å². The van der Waals surface area contributed by atoms with Crippen molar-refractivity contribution < 1.29 is 44.3 Å². The molecule has 2 N–H and O–H groups in total. The number of amides is 1. The van der Waals surface area contributed by atoms with Crippen molar-refractivity contribution in [2.24, 2.45) is 28.9 Å². The summed E-state index contributed by atoms with van der Waals surface area (Å²) >= 11 is 1.66. The fourth-order valence-corrected chi connectivity index (χ4v) is 5.94. The molecule has 6 heteroatoms. The number of carbonyl (C=O) groups is 2. The van der Waals surface area contributed by atoms with E-state index in [1.165, 1.54) is 30.6 Å². The summed E-state index contributed by atoms with van der Waals surface area (Å²) in [5, 5.41) is 10.2. The molecule has 3 fully saturated rings. The molecule has 0 radical (unpaired) electrons. The summed E-state index contributed by atoms with van der Waals surface area (Å²) in [6.45, 7) is 4.86. The first-order valence-electron chi connectivity index (χ1n) is 12.2. The van der Waals surface area contributed by atoms with Crippen molar-refractivity contribution in [2.75, 3.05) is 0 Å². The van der Waals surface area contributed by atoms with Crippen molar-refractivity contribution in [1.29, 1.82) is 0 Å². The molecule has 3 aliphatic rings. The number of carboxylic acids is 1. The van der Waals surface area contributed by atoms with Gasteiger partial charge >= 0.3 is 29.6 Å². The van der Waals surface area contributed by atoms with Crippen molar-refractivity contribution in [3.63, 3.8) is 0 Å². The smallest absolute Gasteiger partial charge is 0.550 e. The summed E-state index contributed by atoms with van der Waals surface area (Å²) in [6.07, 6.45) is 11.6. The van der Waals surface area contributed by atoms with Crippen molar-refractivity contribution in [3.8, 4) is 0 Å². The second-order valence-corrected chi connectivity index (χ2v) is 11.2. The van der Waals surface area contributed by atoms with Crippen LogP contribution in [0.5, 0.6) is 0 Å². The molecule has 0 heterocycles. The molecule has 0 aromatic heterocycles. The first-order chi connectivity index (χ1) is 16.3. The molecule has 2 aromatic carbocycles. The van der Waals surface area contributed by atoms with Crippen LogP contribution in [-0.2, 0) is 4.79 Å². The number of primary amides is 1. The van der Waals surface area contributed by atoms with Gasteiger partial charge in [0.15, 0.2) is 0 Å². The summed E-state index contributed by atoms with van der Waals surface area (Å²) in [5.74, 6) is 1.45. The molecular formula is C29H36NNaO3S. The van der Waals surface area contributed by atoms with Crippen LogP contribution in [0.15, 0.2) is 76.5 Å². The van der Waals surface area contributed by atoms with E-state index in [-0.39, 0.29) is 36.0 Å². The van der Waals surface area contributed by atoms with E-state index in [9.17, 15) is 14.7 Å². The van der Waals surface area contributed by atoms with Crippen molar-refractivity contribution in [1.82, 2.24) is 0 Å². The SMILES string of the molecule is CC1(C)C2CC(C/C=C\CCCC(=O)[O-])CC1C2.NC(=O)c1ccc(Sc2ccccc2)cc1.[Na+]. The van der Waals surface area contributed by atoms with Gasteiger partial charge in [0.25, 0.3) is 0 Å². The average Bonchev–Trinajstić information content (AvgIpc) is 2.82. The van der Waals surface area contributed by atoms with Crippen LogP contribution in [-0.4, -0.2) is 11.9 Å². The van der Waals surface area contributed by atoms with E-state index in [1.54, 1.807) is 23.9 Å². The Morgan fingerprint density at radius 2 is 1.57 bits per heavy atom. The average molecular weight is 502 g/mol. The topological polar surface area (TPSA) is 83.2 Å². The number of allylic oxidation sites excluding steroid dienone is 2. The Bertz CT molecular complexity index is 961. The number of hydrogen-bond acceptors (Lipinski definition) is 4. The maximum absolute atomic E-state index is 10.9. The Kier molecular flexibility index (Phi) is 12.1. The van der Waals surface area contributed by atoms with Gasteiger partial charge in [-0.05, 0) is 105 Å². The maximum Gasteiger partial charge on any atom is 1.00 e. The van der Waals surface area contributed by atoms with Gasteiger partial charge in [0.2, 0.25) is 5.91 Å². The summed E-state index contributed by atoms with van der Waals surface area (Å²) in [6, 6.07) is 17.4. The predicted octanol–water partition coefficient (Wildman–Crippen LogP) is 2.87. The number of benzene rings is 2. The number of fused-ring (bicyclic) bond motifs is 2. The number of nitrogens with two attached hydrogens (primary N) is 1. The van der Waals surface area contributed by atoms with E-state index in [2.05, 4.69) is 26.0 Å². The summed E-state index contributed by atoms with van der Waals surface area (Å²) in [7, 11) is 0. The fraction of sp³-hybridized carbons (Fsp3) is 0.448. The van der Waals surface area contributed by atoms with E-state index in [0.29, 0.717) is 17.4 Å². The largest absolute Gasteiger partial charge is 1.00 e. The monoisotopic (exact) mass is 501 g/mol. The zero-order chi connectivity index (χ0) is 24.6. The van der Waals surface area contributed by atoms with Gasteiger partial charge in [-0.25, -0.2) is 0 Å². The van der Waals surface area contributed by atoms with Gasteiger partial charge in [0, 0.05) is 21.3 Å². The first kappa shape index (κ1) is 29.7. The third-order valence-corrected chi connectivity index (χ3v) is 8.43. The van der Waals surface area contributed by atoms with Crippen molar-refractivity contribution in [3.05, 3.63) is 72.3 Å². The second kappa shape index (κ2) is 14.3. The zero-order valence-corrected chi connectivity index (χ0v) is 24.1. The number of carboxylic acid groups (broad SMARTS) is 1. The molecule has 5 rings (SSSR count). The summed E-state index contributed by atoms with van der Waals surface area (Å²) in [4.78, 5) is 23.4.